The van der Waals surface area contributed by atoms with Crippen molar-refractivity contribution in [2.45, 2.75) is 26.8 Å². The molecular weight excluding hydrogens is 312 g/mol. The van der Waals surface area contributed by atoms with Gasteiger partial charge in [-0.1, -0.05) is 23.8 Å². The van der Waals surface area contributed by atoms with E-state index >= 15 is 0 Å². The minimum absolute atomic E-state index is 0.218. The summed E-state index contributed by atoms with van der Waals surface area (Å²) in [5.74, 6) is -0.368. The Morgan fingerprint density at radius 3 is 2.70 bits per heavy atom. The van der Waals surface area contributed by atoms with E-state index in [1.54, 1.807) is 7.11 Å². The van der Waals surface area contributed by atoms with Crippen LogP contribution in [0.15, 0.2) is 29.5 Å². The molecule has 0 saturated heterocycles. The van der Waals surface area contributed by atoms with Crippen LogP contribution in [0.4, 0.5) is 0 Å². The normalized spacial score (nSPS) is 17.6. The zero-order valence-electron chi connectivity index (χ0n) is 13.9. The van der Waals surface area contributed by atoms with Gasteiger partial charge in [0.1, 0.15) is 6.61 Å². The van der Waals surface area contributed by atoms with Gasteiger partial charge >= 0.3 is 5.97 Å². The first-order valence-electron chi connectivity index (χ1n) is 7.45. The van der Waals surface area contributed by atoms with Crippen LogP contribution in [0.1, 0.15) is 29.7 Å². The maximum Gasteiger partial charge on any atom is 0.338 e. The van der Waals surface area contributed by atoms with Crippen molar-refractivity contribution in [3.63, 3.8) is 0 Å². The molecule has 1 aromatic carbocycles. The van der Waals surface area contributed by atoms with Gasteiger partial charge in [-0.25, -0.2) is 4.79 Å². The summed E-state index contributed by atoms with van der Waals surface area (Å²) in [7, 11) is 1.57. The van der Waals surface area contributed by atoms with E-state index in [0.29, 0.717) is 23.0 Å². The van der Waals surface area contributed by atoms with Crippen LogP contribution >= 0.6 is 12.2 Å². The van der Waals surface area contributed by atoms with Gasteiger partial charge in [0.25, 0.3) is 0 Å². The van der Waals surface area contributed by atoms with Crippen LogP contribution in [-0.4, -0.2) is 31.4 Å². The predicted molar refractivity (Wildman–Crippen MR) is 93.1 cm³/mol. The van der Waals surface area contributed by atoms with Gasteiger partial charge in [0.2, 0.25) is 0 Å². The molecule has 0 bridgehead atoms. The highest BCUT2D eigenvalue weighted by atomic mass is 32.1. The second-order valence-electron chi connectivity index (χ2n) is 5.56. The molecule has 0 fully saturated rings. The number of esters is 1. The second kappa shape index (κ2) is 7.57. The van der Waals surface area contributed by atoms with Crippen molar-refractivity contribution in [3.05, 3.63) is 46.2 Å². The van der Waals surface area contributed by atoms with Crippen LogP contribution < -0.4 is 10.6 Å². The van der Waals surface area contributed by atoms with Crippen molar-refractivity contribution in [2.24, 2.45) is 0 Å². The fraction of sp³-hybridized carbons (Fsp3) is 0.412. The molecular formula is C17H22N2O3S. The van der Waals surface area contributed by atoms with E-state index in [1.807, 2.05) is 32.9 Å². The highest BCUT2D eigenvalue weighted by Crippen LogP contribution is 2.30. The number of benzene rings is 1. The molecule has 0 radical (unpaired) electrons. The number of hydrogen-bond donors (Lipinski definition) is 2. The quantitative estimate of drug-likeness (QED) is 0.489. The van der Waals surface area contributed by atoms with Crippen LogP contribution in [0.2, 0.25) is 0 Å². The van der Waals surface area contributed by atoms with E-state index in [1.165, 1.54) is 0 Å². The number of methoxy groups -OCH3 is 1. The number of aryl methyl sites for hydroxylation is 2. The van der Waals surface area contributed by atoms with Crippen molar-refractivity contribution in [1.82, 2.24) is 10.6 Å². The van der Waals surface area contributed by atoms with Crippen LogP contribution in [0.25, 0.3) is 0 Å². The maximum absolute atomic E-state index is 12.5. The number of rotatable bonds is 5. The Morgan fingerprint density at radius 2 is 2.00 bits per heavy atom. The predicted octanol–water partition coefficient (Wildman–Crippen LogP) is 2.29. The summed E-state index contributed by atoms with van der Waals surface area (Å²) >= 11 is 5.25. The van der Waals surface area contributed by atoms with Crippen molar-refractivity contribution in [1.29, 1.82) is 0 Å². The summed E-state index contributed by atoms with van der Waals surface area (Å²) in [4.78, 5) is 12.5. The Labute approximate surface area is 142 Å². The van der Waals surface area contributed by atoms with Crippen molar-refractivity contribution >= 4 is 23.3 Å². The topological polar surface area (TPSA) is 59.6 Å². The first-order chi connectivity index (χ1) is 10.9. The van der Waals surface area contributed by atoms with E-state index in [4.69, 9.17) is 21.7 Å². The van der Waals surface area contributed by atoms with Crippen LogP contribution in [-0.2, 0) is 14.3 Å². The van der Waals surface area contributed by atoms with Crippen molar-refractivity contribution in [2.75, 3.05) is 20.3 Å². The molecule has 23 heavy (non-hydrogen) atoms. The number of nitrogens with one attached hydrogen (secondary N) is 2. The Kier molecular flexibility index (Phi) is 5.74. The van der Waals surface area contributed by atoms with Gasteiger partial charge in [-0.3, -0.25) is 0 Å². The smallest absolute Gasteiger partial charge is 0.338 e. The van der Waals surface area contributed by atoms with Gasteiger partial charge in [-0.15, -0.1) is 0 Å². The zero-order valence-corrected chi connectivity index (χ0v) is 14.7. The van der Waals surface area contributed by atoms with E-state index in [-0.39, 0.29) is 18.6 Å². The summed E-state index contributed by atoms with van der Waals surface area (Å²) in [6.07, 6.45) is 0. The highest BCUT2D eigenvalue weighted by Gasteiger charge is 2.31. The monoisotopic (exact) mass is 334 g/mol. The lowest BCUT2D eigenvalue weighted by Crippen LogP contribution is -2.45. The average molecular weight is 334 g/mol. The molecule has 2 rings (SSSR count). The molecule has 0 spiro atoms. The Bertz CT molecular complexity index is 655. The fourth-order valence-corrected chi connectivity index (χ4v) is 2.83. The number of allylic oxidation sites excluding steroid dienone is 1. The molecule has 0 amide bonds. The lowest BCUT2D eigenvalue weighted by atomic mass is 9.91. The van der Waals surface area contributed by atoms with E-state index in [0.717, 1.165) is 16.7 Å². The molecule has 1 aliphatic rings. The maximum atomic E-state index is 12.5. The van der Waals surface area contributed by atoms with E-state index in [9.17, 15) is 4.79 Å². The lowest BCUT2D eigenvalue weighted by molar-refractivity contribution is -0.140. The van der Waals surface area contributed by atoms with E-state index in [2.05, 4.69) is 16.7 Å². The number of carbonyl (C=O) groups excluding carboxylic acids is 1. The van der Waals surface area contributed by atoms with Gasteiger partial charge in [0.15, 0.2) is 5.11 Å². The summed E-state index contributed by atoms with van der Waals surface area (Å²) in [5, 5.41) is 6.69. The Morgan fingerprint density at radius 1 is 1.26 bits per heavy atom. The molecule has 6 heteroatoms. The fourth-order valence-electron chi connectivity index (χ4n) is 2.56. The second-order valence-corrected chi connectivity index (χ2v) is 5.97. The van der Waals surface area contributed by atoms with Gasteiger partial charge in [0, 0.05) is 12.8 Å². The molecule has 1 aromatic rings. The van der Waals surface area contributed by atoms with Crippen molar-refractivity contribution in [3.8, 4) is 0 Å². The number of ether oxygens (including phenoxy) is 2. The highest BCUT2D eigenvalue weighted by molar-refractivity contribution is 7.80. The zero-order chi connectivity index (χ0) is 17.0. The largest absolute Gasteiger partial charge is 0.460 e. The van der Waals surface area contributed by atoms with Crippen LogP contribution in [0, 0.1) is 13.8 Å². The first-order valence-corrected chi connectivity index (χ1v) is 7.86. The molecule has 0 unspecified atom stereocenters. The summed E-state index contributed by atoms with van der Waals surface area (Å²) in [6.45, 7) is 6.46. The molecule has 5 nitrogen and oxygen atoms in total. The third-order valence-corrected chi connectivity index (χ3v) is 3.98. The molecule has 0 aliphatic carbocycles. The van der Waals surface area contributed by atoms with Crippen molar-refractivity contribution < 1.29 is 14.3 Å². The van der Waals surface area contributed by atoms with Gasteiger partial charge in [0.05, 0.1) is 18.2 Å². The minimum atomic E-state index is -0.368. The minimum Gasteiger partial charge on any atom is -0.460 e. The van der Waals surface area contributed by atoms with Gasteiger partial charge in [-0.05, 0) is 44.1 Å². The summed E-state index contributed by atoms with van der Waals surface area (Å²) in [5.41, 5.74) is 4.49. The first kappa shape index (κ1) is 17.4. The number of thiocarbonyl (C=S) groups is 1. The Hall–Kier alpha value is -1.92. The third-order valence-electron chi connectivity index (χ3n) is 3.76. The Balaban J connectivity index is 2.38. The molecule has 0 saturated carbocycles. The number of carbonyl (C=O) groups is 1. The van der Waals surface area contributed by atoms with Crippen LogP contribution in [0.5, 0.6) is 0 Å². The van der Waals surface area contributed by atoms with E-state index < -0.39 is 0 Å². The average Bonchev–Trinajstić information content (AvgIpc) is 2.49. The summed E-state index contributed by atoms with van der Waals surface area (Å²) < 4.78 is 10.2. The molecule has 1 heterocycles. The lowest BCUT2D eigenvalue weighted by Gasteiger charge is -2.31. The summed E-state index contributed by atoms with van der Waals surface area (Å²) in [6, 6.07) is 5.83. The number of hydrogen-bond acceptors (Lipinski definition) is 4. The molecule has 1 aliphatic heterocycles. The molecule has 0 aromatic heterocycles. The molecule has 124 valence electrons. The van der Waals surface area contributed by atoms with Gasteiger partial charge < -0.3 is 20.1 Å². The SMILES string of the molecule is COCCOC(=O)C1=C(C)NC(=S)N[C@@H]1c1cc(C)ccc1C. The standard InChI is InChI=1S/C17H22N2O3S/c1-10-5-6-11(2)13(9-10)15-14(12(3)18-17(23)19-15)16(20)22-8-7-21-4/h5-6,9,15H,7-8H2,1-4H3,(H2,18,19,23)/t15-/m1/s1. The molecule has 2 N–H and O–H groups in total. The molecule has 1 atom stereocenters. The third kappa shape index (κ3) is 4.09. The van der Waals surface area contributed by atoms with Crippen LogP contribution in [0.3, 0.4) is 0 Å². The van der Waals surface area contributed by atoms with Gasteiger partial charge in [-0.2, -0.15) is 0 Å².